The number of hydrogen-bond acceptors (Lipinski definition) is 3. The molecule has 106 valence electrons. The topological polar surface area (TPSA) is 29.0 Å². The monoisotopic (exact) mass is 325 g/mol. The predicted octanol–water partition coefficient (Wildman–Crippen LogP) is 4.23. The normalized spacial score (nSPS) is 17.5. The Morgan fingerprint density at radius 3 is 2.32 bits per heavy atom. The minimum absolute atomic E-state index is 0.365. The van der Waals surface area contributed by atoms with Crippen LogP contribution in [0.5, 0.6) is 0 Å². The summed E-state index contributed by atoms with van der Waals surface area (Å²) in [7, 11) is 0. The second kappa shape index (κ2) is 6.21. The zero-order valence-electron chi connectivity index (χ0n) is 12.4. The quantitative estimate of drug-likeness (QED) is 0.778. The summed E-state index contributed by atoms with van der Waals surface area (Å²) >= 11 is 3.51. The third kappa shape index (κ3) is 3.68. The van der Waals surface area contributed by atoms with Crippen LogP contribution in [-0.2, 0) is 0 Å². The number of anilines is 1. The van der Waals surface area contributed by atoms with Crippen molar-refractivity contribution in [2.45, 2.75) is 46.5 Å². The van der Waals surface area contributed by atoms with E-state index in [0.29, 0.717) is 5.92 Å². The highest BCUT2D eigenvalue weighted by Gasteiger charge is 2.23. The van der Waals surface area contributed by atoms with Crippen molar-refractivity contribution in [3.8, 4) is 0 Å². The van der Waals surface area contributed by atoms with Gasteiger partial charge in [0.2, 0.25) is 0 Å². The Hall–Kier alpha value is -0.640. The summed E-state index contributed by atoms with van der Waals surface area (Å²) < 4.78 is 0.896. The maximum atomic E-state index is 4.71. The van der Waals surface area contributed by atoms with Gasteiger partial charge in [0.25, 0.3) is 0 Å². The fourth-order valence-electron chi connectivity index (χ4n) is 2.64. The molecule has 0 radical (unpaired) electrons. The van der Waals surface area contributed by atoms with Gasteiger partial charge in [0.05, 0.1) is 0 Å². The molecule has 1 aromatic rings. The van der Waals surface area contributed by atoms with E-state index >= 15 is 0 Å². The molecule has 1 fully saturated rings. The zero-order valence-corrected chi connectivity index (χ0v) is 13.9. The number of rotatable bonds is 3. The summed E-state index contributed by atoms with van der Waals surface area (Å²) in [4.78, 5) is 11.6. The van der Waals surface area contributed by atoms with Crippen LogP contribution in [0.3, 0.4) is 0 Å². The molecule has 0 atom stereocenters. The molecule has 0 saturated carbocycles. The summed E-state index contributed by atoms with van der Waals surface area (Å²) in [5.74, 6) is 4.03. The van der Waals surface area contributed by atoms with E-state index in [1.165, 1.54) is 12.8 Å². The first-order valence-corrected chi connectivity index (χ1v) is 8.06. The van der Waals surface area contributed by atoms with Gasteiger partial charge in [-0.15, -0.1) is 0 Å². The minimum Gasteiger partial charge on any atom is -0.356 e. The average molecular weight is 326 g/mol. The van der Waals surface area contributed by atoms with Gasteiger partial charge in [0, 0.05) is 25.1 Å². The van der Waals surface area contributed by atoms with Gasteiger partial charge in [-0.2, -0.15) is 0 Å². The first-order valence-electron chi connectivity index (χ1n) is 7.26. The SMILES string of the molecule is CC(C)c1nc(Br)cc(N2CCC(C(C)C)CC2)n1. The largest absolute Gasteiger partial charge is 0.356 e. The maximum absolute atomic E-state index is 4.71. The first-order chi connectivity index (χ1) is 8.97. The van der Waals surface area contributed by atoms with Crippen LogP contribution in [0.2, 0.25) is 0 Å². The molecule has 19 heavy (non-hydrogen) atoms. The summed E-state index contributed by atoms with van der Waals surface area (Å²) in [5, 5.41) is 0. The summed E-state index contributed by atoms with van der Waals surface area (Å²) in [6.45, 7) is 11.2. The maximum Gasteiger partial charge on any atom is 0.134 e. The van der Waals surface area contributed by atoms with Gasteiger partial charge >= 0.3 is 0 Å². The molecule has 0 bridgehead atoms. The van der Waals surface area contributed by atoms with Gasteiger partial charge in [-0.3, -0.25) is 0 Å². The van der Waals surface area contributed by atoms with Crippen molar-refractivity contribution >= 4 is 21.7 Å². The Morgan fingerprint density at radius 1 is 1.16 bits per heavy atom. The molecule has 1 aliphatic heterocycles. The van der Waals surface area contributed by atoms with Gasteiger partial charge in [-0.05, 0) is 40.6 Å². The van der Waals surface area contributed by atoms with Crippen molar-refractivity contribution in [2.24, 2.45) is 11.8 Å². The standard InChI is InChI=1S/C15H24BrN3/c1-10(2)12-5-7-19(8-6-12)14-9-13(16)17-15(18-14)11(3)4/h9-12H,5-8H2,1-4H3. The molecule has 0 aromatic carbocycles. The van der Waals surface area contributed by atoms with Crippen LogP contribution in [0, 0.1) is 11.8 Å². The Bertz CT molecular complexity index is 423. The lowest BCUT2D eigenvalue weighted by atomic mass is 9.87. The number of hydrogen-bond donors (Lipinski definition) is 0. The highest BCUT2D eigenvalue weighted by molar-refractivity contribution is 9.10. The minimum atomic E-state index is 0.365. The van der Waals surface area contributed by atoms with Crippen LogP contribution in [0.4, 0.5) is 5.82 Å². The second-order valence-electron chi connectivity index (χ2n) is 6.13. The van der Waals surface area contributed by atoms with E-state index in [1.54, 1.807) is 0 Å². The first kappa shape index (κ1) is 14.8. The van der Waals surface area contributed by atoms with E-state index in [1.807, 2.05) is 6.07 Å². The van der Waals surface area contributed by atoms with Crippen LogP contribution in [0.1, 0.15) is 52.3 Å². The molecular weight excluding hydrogens is 302 g/mol. The van der Waals surface area contributed by atoms with Crippen LogP contribution in [0.25, 0.3) is 0 Å². The third-order valence-electron chi connectivity index (χ3n) is 4.02. The zero-order chi connectivity index (χ0) is 14.0. The van der Waals surface area contributed by atoms with Crippen LogP contribution in [0.15, 0.2) is 10.7 Å². The summed E-state index contributed by atoms with van der Waals surface area (Å²) in [5.41, 5.74) is 0. The molecule has 1 saturated heterocycles. The number of aromatic nitrogens is 2. The molecule has 0 spiro atoms. The van der Waals surface area contributed by atoms with Gasteiger partial charge in [-0.1, -0.05) is 27.7 Å². The molecule has 3 nitrogen and oxygen atoms in total. The summed E-state index contributed by atoms with van der Waals surface area (Å²) in [6.07, 6.45) is 2.55. The van der Waals surface area contributed by atoms with E-state index in [2.05, 4.69) is 53.5 Å². The Kier molecular flexibility index (Phi) is 4.82. The van der Waals surface area contributed by atoms with E-state index in [0.717, 1.165) is 41.2 Å². The Labute approximate surface area is 125 Å². The van der Waals surface area contributed by atoms with Crippen molar-refractivity contribution in [3.63, 3.8) is 0 Å². The molecule has 1 aliphatic rings. The lowest BCUT2D eigenvalue weighted by molar-refractivity contribution is 0.310. The van der Waals surface area contributed by atoms with Crippen molar-refractivity contribution in [1.82, 2.24) is 9.97 Å². The van der Waals surface area contributed by atoms with Gasteiger partial charge in [0.15, 0.2) is 0 Å². The smallest absolute Gasteiger partial charge is 0.134 e. The van der Waals surface area contributed by atoms with Crippen molar-refractivity contribution in [2.75, 3.05) is 18.0 Å². The highest BCUT2D eigenvalue weighted by atomic mass is 79.9. The van der Waals surface area contributed by atoms with Gasteiger partial charge in [-0.25, -0.2) is 9.97 Å². The molecule has 0 unspecified atom stereocenters. The number of piperidine rings is 1. The van der Waals surface area contributed by atoms with Crippen molar-refractivity contribution in [1.29, 1.82) is 0 Å². The molecule has 0 aliphatic carbocycles. The highest BCUT2D eigenvalue weighted by Crippen LogP contribution is 2.28. The number of nitrogens with zero attached hydrogens (tertiary/aromatic N) is 3. The lowest BCUT2D eigenvalue weighted by Gasteiger charge is -2.34. The van der Waals surface area contributed by atoms with E-state index < -0.39 is 0 Å². The molecular formula is C15H24BrN3. The van der Waals surface area contributed by atoms with E-state index in [9.17, 15) is 0 Å². The van der Waals surface area contributed by atoms with Crippen LogP contribution >= 0.6 is 15.9 Å². The van der Waals surface area contributed by atoms with Crippen LogP contribution < -0.4 is 4.90 Å². The molecule has 0 amide bonds. The summed E-state index contributed by atoms with van der Waals surface area (Å²) in [6, 6.07) is 2.04. The molecule has 1 aromatic heterocycles. The fourth-order valence-corrected chi connectivity index (χ4v) is 3.02. The van der Waals surface area contributed by atoms with E-state index in [4.69, 9.17) is 4.98 Å². The van der Waals surface area contributed by atoms with Crippen molar-refractivity contribution in [3.05, 3.63) is 16.5 Å². The third-order valence-corrected chi connectivity index (χ3v) is 4.43. The van der Waals surface area contributed by atoms with Crippen molar-refractivity contribution < 1.29 is 0 Å². The average Bonchev–Trinajstić information content (AvgIpc) is 2.38. The second-order valence-corrected chi connectivity index (χ2v) is 6.94. The Balaban J connectivity index is 2.11. The molecule has 0 N–H and O–H groups in total. The van der Waals surface area contributed by atoms with E-state index in [-0.39, 0.29) is 0 Å². The number of halogens is 1. The molecule has 4 heteroatoms. The lowest BCUT2D eigenvalue weighted by Crippen LogP contribution is -2.36. The predicted molar refractivity (Wildman–Crippen MR) is 83.6 cm³/mol. The van der Waals surface area contributed by atoms with Crippen LogP contribution in [-0.4, -0.2) is 23.1 Å². The fraction of sp³-hybridized carbons (Fsp3) is 0.733. The van der Waals surface area contributed by atoms with Gasteiger partial charge < -0.3 is 4.90 Å². The Morgan fingerprint density at radius 2 is 1.79 bits per heavy atom. The van der Waals surface area contributed by atoms with Gasteiger partial charge in [0.1, 0.15) is 16.2 Å². The molecule has 2 rings (SSSR count). The molecule has 2 heterocycles.